The first-order chi connectivity index (χ1) is 7.68. The second-order valence-corrected chi connectivity index (χ2v) is 5.19. The molecule has 0 spiro atoms. The number of hydrogen-bond donors (Lipinski definition) is 4. The number of aliphatic hydroxyl groups is 1. The van der Waals surface area contributed by atoms with Crippen LogP contribution in [0.25, 0.3) is 0 Å². The van der Waals surface area contributed by atoms with Crippen molar-refractivity contribution in [3.8, 4) is 0 Å². The van der Waals surface area contributed by atoms with Gasteiger partial charge < -0.3 is 20.8 Å². The summed E-state index contributed by atoms with van der Waals surface area (Å²) in [6.45, 7) is 8.01. The molecule has 0 radical (unpaired) electrons. The lowest BCUT2D eigenvalue weighted by molar-refractivity contribution is -0.140. The Labute approximate surface area is 101 Å². The molecule has 0 rings (SSSR count). The van der Waals surface area contributed by atoms with Crippen molar-refractivity contribution in [3.05, 3.63) is 0 Å². The molecule has 0 aliphatic heterocycles. The Kier molecular flexibility index (Phi) is 5.95. The fraction of sp³-hybridized carbons (Fsp3) is 0.818. The van der Waals surface area contributed by atoms with Crippen molar-refractivity contribution < 1.29 is 19.8 Å². The number of nitrogens with one attached hydrogen (secondary N) is 2. The number of urea groups is 1. The van der Waals surface area contributed by atoms with Crippen molar-refractivity contribution >= 4 is 12.0 Å². The first-order valence-electron chi connectivity index (χ1n) is 5.56. The highest BCUT2D eigenvalue weighted by Crippen LogP contribution is 2.24. The summed E-state index contributed by atoms with van der Waals surface area (Å²) in [5, 5.41) is 22.1. The number of hydrogen-bond acceptors (Lipinski definition) is 3. The van der Waals surface area contributed by atoms with E-state index in [9.17, 15) is 9.59 Å². The number of carbonyl (C=O) groups excluding carboxylic acids is 1. The van der Waals surface area contributed by atoms with Crippen LogP contribution in [0, 0.1) is 11.3 Å². The molecule has 4 N–H and O–H groups in total. The van der Waals surface area contributed by atoms with Crippen molar-refractivity contribution in [1.82, 2.24) is 10.6 Å². The molecule has 100 valence electrons. The van der Waals surface area contributed by atoms with Crippen LogP contribution in [0.1, 0.15) is 27.7 Å². The monoisotopic (exact) mass is 246 g/mol. The van der Waals surface area contributed by atoms with E-state index in [2.05, 4.69) is 31.4 Å². The van der Waals surface area contributed by atoms with Crippen LogP contribution in [0.2, 0.25) is 0 Å². The predicted octanol–water partition coefficient (Wildman–Crippen LogP) is 0.413. The largest absolute Gasteiger partial charge is 0.480 e. The summed E-state index contributed by atoms with van der Waals surface area (Å²) in [6, 6.07) is -1.84. The van der Waals surface area contributed by atoms with Gasteiger partial charge in [-0.3, -0.25) is 0 Å². The lowest BCUT2D eigenvalue weighted by atomic mass is 9.82. The number of rotatable bonds is 5. The molecule has 2 unspecified atom stereocenters. The topological polar surface area (TPSA) is 98.7 Å². The van der Waals surface area contributed by atoms with Crippen LogP contribution in [0.5, 0.6) is 0 Å². The number of carboxylic acids is 1. The Hall–Kier alpha value is -1.30. The van der Waals surface area contributed by atoms with Crippen molar-refractivity contribution in [2.45, 2.75) is 33.7 Å². The fourth-order valence-electron chi connectivity index (χ4n) is 0.947. The molecule has 6 nitrogen and oxygen atoms in total. The third-order valence-electron chi connectivity index (χ3n) is 2.83. The van der Waals surface area contributed by atoms with Gasteiger partial charge >= 0.3 is 12.0 Å². The van der Waals surface area contributed by atoms with Gasteiger partial charge in [-0.05, 0) is 11.3 Å². The molecule has 0 heterocycles. The molecule has 0 bridgehead atoms. The zero-order chi connectivity index (χ0) is 13.6. The predicted molar refractivity (Wildman–Crippen MR) is 63.7 cm³/mol. The van der Waals surface area contributed by atoms with E-state index in [1.165, 1.54) is 0 Å². The molecule has 0 aromatic heterocycles. The lowest BCUT2D eigenvalue weighted by Gasteiger charge is -2.27. The van der Waals surface area contributed by atoms with Gasteiger partial charge in [0.2, 0.25) is 0 Å². The van der Waals surface area contributed by atoms with E-state index in [4.69, 9.17) is 10.2 Å². The highest BCUT2D eigenvalue weighted by Gasteiger charge is 2.22. The lowest BCUT2D eigenvalue weighted by Crippen LogP contribution is -2.49. The quantitative estimate of drug-likeness (QED) is 0.564. The summed E-state index contributed by atoms with van der Waals surface area (Å²) in [6.07, 6.45) is 0. The zero-order valence-electron chi connectivity index (χ0n) is 10.8. The normalized spacial score (nSPS) is 14.9. The molecule has 0 aromatic rings. The average Bonchev–Trinajstić information content (AvgIpc) is 2.20. The maximum atomic E-state index is 11.4. The van der Waals surface area contributed by atoms with E-state index in [-0.39, 0.29) is 11.3 Å². The van der Waals surface area contributed by atoms with Crippen LogP contribution < -0.4 is 10.6 Å². The highest BCUT2D eigenvalue weighted by atomic mass is 16.4. The van der Waals surface area contributed by atoms with Gasteiger partial charge in [0.25, 0.3) is 0 Å². The number of aliphatic hydroxyl groups excluding tert-OH is 1. The van der Waals surface area contributed by atoms with E-state index in [1.807, 2.05) is 6.92 Å². The maximum absolute atomic E-state index is 11.4. The van der Waals surface area contributed by atoms with Gasteiger partial charge in [-0.15, -0.1) is 0 Å². The van der Waals surface area contributed by atoms with E-state index >= 15 is 0 Å². The molecule has 0 fully saturated rings. The van der Waals surface area contributed by atoms with Crippen LogP contribution in [0.3, 0.4) is 0 Å². The number of aliphatic carboxylic acids is 1. The van der Waals surface area contributed by atoms with Gasteiger partial charge in [0, 0.05) is 6.54 Å². The summed E-state index contributed by atoms with van der Waals surface area (Å²) in [4.78, 5) is 21.9. The molecule has 17 heavy (non-hydrogen) atoms. The first kappa shape index (κ1) is 15.7. The zero-order valence-corrected chi connectivity index (χ0v) is 10.8. The molecule has 2 atom stereocenters. The molecular formula is C11H22N2O4. The number of carbonyl (C=O) groups is 2. The van der Waals surface area contributed by atoms with Gasteiger partial charge in [-0.1, -0.05) is 27.7 Å². The minimum Gasteiger partial charge on any atom is -0.480 e. The van der Waals surface area contributed by atoms with Crippen LogP contribution in [-0.2, 0) is 4.79 Å². The summed E-state index contributed by atoms with van der Waals surface area (Å²) >= 11 is 0. The smallest absolute Gasteiger partial charge is 0.328 e. The third-order valence-corrected chi connectivity index (χ3v) is 2.83. The molecule has 6 heteroatoms. The Morgan fingerprint density at radius 1 is 1.29 bits per heavy atom. The van der Waals surface area contributed by atoms with E-state index in [0.717, 1.165) is 0 Å². The summed E-state index contributed by atoms with van der Waals surface area (Å²) in [5.74, 6) is -1.00. The summed E-state index contributed by atoms with van der Waals surface area (Å²) in [5.41, 5.74) is 0.0659. The molecular weight excluding hydrogens is 224 g/mol. The fourth-order valence-corrected chi connectivity index (χ4v) is 0.947. The summed E-state index contributed by atoms with van der Waals surface area (Å²) < 4.78 is 0. The Morgan fingerprint density at radius 2 is 1.82 bits per heavy atom. The molecule has 0 aliphatic carbocycles. The van der Waals surface area contributed by atoms with Crippen LogP contribution in [0.4, 0.5) is 4.79 Å². The van der Waals surface area contributed by atoms with Crippen molar-refractivity contribution in [2.24, 2.45) is 11.3 Å². The van der Waals surface area contributed by atoms with Crippen LogP contribution in [-0.4, -0.2) is 41.4 Å². The van der Waals surface area contributed by atoms with Gasteiger partial charge in [-0.25, -0.2) is 9.59 Å². The standard InChI is InChI=1S/C11H22N2O4/c1-7(11(2,3)4)5-12-10(17)13-8(6-14)9(15)16/h7-8,14H,5-6H2,1-4H3,(H,15,16)(H2,12,13,17). The van der Waals surface area contributed by atoms with Crippen molar-refractivity contribution in [2.75, 3.05) is 13.2 Å². The van der Waals surface area contributed by atoms with Gasteiger partial charge in [0.05, 0.1) is 6.61 Å². The average molecular weight is 246 g/mol. The van der Waals surface area contributed by atoms with Gasteiger partial charge in [0.1, 0.15) is 0 Å². The van der Waals surface area contributed by atoms with E-state index in [0.29, 0.717) is 6.54 Å². The second-order valence-electron chi connectivity index (χ2n) is 5.19. The minimum absolute atomic E-state index is 0.0659. The molecule has 0 aliphatic rings. The second kappa shape index (κ2) is 6.44. The van der Waals surface area contributed by atoms with Gasteiger partial charge in [0.15, 0.2) is 6.04 Å². The Balaban J connectivity index is 4.07. The van der Waals surface area contributed by atoms with Crippen LogP contribution >= 0.6 is 0 Å². The van der Waals surface area contributed by atoms with E-state index in [1.54, 1.807) is 0 Å². The third kappa shape index (κ3) is 6.11. The molecule has 0 saturated carbocycles. The first-order valence-corrected chi connectivity index (χ1v) is 5.56. The number of carboxylic acid groups (broad SMARTS) is 1. The SMILES string of the molecule is CC(CNC(=O)NC(CO)C(=O)O)C(C)(C)C. The van der Waals surface area contributed by atoms with Crippen LogP contribution in [0.15, 0.2) is 0 Å². The van der Waals surface area contributed by atoms with E-state index < -0.39 is 24.6 Å². The molecule has 2 amide bonds. The van der Waals surface area contributed by atoms with Crippen molar-refractivity contribution in [1.29, 1.82) is 0 Å². The summed E-state index contributed by atoms with van der Waals surface area (Å²) in [7, 11) is 0. The van der Waals surface area contributed by atoms with Crippen molar-refractivity contribution in [3.63, 3.8) is 0 Å². The molecule has 0 aromatic carbocycles. The minimum atomic E-state index is -1.26. The maximum Gasteiger partial charge on any atom is 0.328 e. The number of amides is 2. The highest BCUT2D eigenvalue weighted by molar-refractivity contribution is 5.82. The van der Waals surface area contributed by atoms with Gasteiger partial charge in [-0.2, -0.15) is 0 Å². The Morgan fingerprint density at radius 3 is 2.18 bits per heavy atom. The Bertz CT molecular complexity index is 273. The molecule has 0 saturated heterocycles.